The largest absolute Gasteiger partial charge is 0.333 e. The van der Waals surface area contributed by atoms with Crippen molar-refractivity contribution in [3.05, 3.63) is 0 Å². The maximum Gasteiger partial charge on any atom is 0.325 e. The first-order valence-electron chi connectivity index (χ1n) is 10.0. The second-order valence-corrected chi connectivity index (χ2v) is 8.56. The molecule has 2 rings (SSSR count). The van der Waals surface area contributed by atoms with Crippen molar-refractivity contribution >= 4 is 28.9 Å². The minimum Gasteiger partial charge on any atom is -0.333 e. The van der Waals surface area contributed by atoms with Gasteiger partial charge in [0.15, 0.2) is 17.4 Å². The fourth-order valence-corrected chi connectivity index (χ4v) is 4.70. The molecule has 0 radical (unpaired) electrons. The van der Waals surface area contributed by atoms with Gasteiger partial charge in [-0.2, -0.15) is 0 Å². The molecule has 2 aliphatic heterocycles. The average Bonchev–Trinajstić information content (AvgIpc) is 2.99. The Balaban J connectivity index is 1.80. The van der Waals surface area contributed by atoms with E-state index in [0.29, 0.717) is 0 Å². The molecule has 2 unspecified atom stereocenters. The first kappa shape index (κ1) is 21.1. The number of imide groups is 1. The predicted molar refractivity (Wildman–Crippen MR) is 108 cm³/mol. The number of nitrogens with zero attached hydrogens (tertiary/aromatic N) is 3. The van der Waals surface area contributed by atoms with Crippen LogP contribution in [0, 0.1) is 0 Å². The third-order valence-corrected chi connectivity index (χ3v) is 6.11. The van der Waals surface area contributed by atoms with E-state index in [9.17, 15) is 9.59 Å². The number of nitrogens with one attached hydrogen (secondary N) is 1. The van der Waals surface area contributed by atoms with Gasteiger partial charge in [-0.1, -0.05) is 63.6 Å². The number of aliphatic imine (C=N–C) groups is 1. The Hall–Kier alpha value is -1.24. The molecule has 1 fully saturated rings. The molecule has 2 atom stereocenters. The summed E-state index contributed by atoms with van der Waals surface area (Å²) >= 11 is 1.72. The molecule has 6 nitrogen and oxygen atoms in total. The standard InChI is InChI=1S/C19H34N4O2S/c1-5-6-7-8-9-10-11-12-13-26-19-20-16-15(23(19)14(2)3)17(24)21-18(25)22(16)4/h14-16H,5-13H2,1-4H3,(H,21,24,25). The van der Waals surface area contributed by atoms with Gasteiger partial charge < -0.3 is 9.80 Å². The van der Waals surface area contributed by atoms with Gasteiger partial charge in [-0.15, -0.1) is 0 Å². The lowest BCUT2D eigenvalue weighted by molar-refractivity contribution is -0.127. The summed E-state index contributed by atoms with van der Waals surface area (Å²) in [6, 6.07) is -0.598. The zero-order valence-corrected chi connectivity index (χ0v) is 17.5. The summed E-state index contributed by atoms with van der Waals surface area (Å²) in [7, 11) is 1.70. The molecule has 0 spiro atoms. The van der Waals surface area contributed by atoms with E-state index in [0.717, 1.165) is 10.9 Å². The second-order valence-electron chi connectivity index (χ2n) is 7.50. The highest BCUT2D eigenvalue weighted by molar-refractivity contribution is 8.13. The molecule has 2 aliphatic rings. The molecule has 26 heavy (non-hydrogen) atoms. The molecule has 0 aromatic carbocycles. The fraction of sp³-hybridized carbons (Fsp3) is 0.842. The molecular formula is C19H34N4O2S. The number of thioether (sulfide) groups is 1. The first-order chi connectivity index (χ1) is 12.5. The zero-order chi connectivity index (χ0) is 19.1. The molecule has 1 N–H and O–H groups in total. The van der Waals surface area contributed by atoms with Crippen molar-refractivity contribution < 1.29 is 9.59 Å². The Labute approximate surface area is 162 Å². The number of hydrogen-bond donors (Lipinski definition) is 1. The fourth-order valence-electron chi connectivity index (χ4n) is 3.51. The van der Waals surface area contributed by atoms with Crippen LogP contribution in [-0.2, 0) is 4.79 Å². The number of likely N-dealkylation sites (N-methyl/N-ethyl adjacent to an activating group) is 1. The van der Waals surface area contributed by atoms with Gasteiger partial charge in [-0.05, 0) is 20.3 Å². The maximum atomic E-state index is 12.3. The quantitative estimate of drug-likeness (QED) is 0.584. The lowest BCUT2D eigenvalue weighted by Gasteiger charge is -2.37. The number of hydrogen-bond acceptors (Lipinski definition) is 5. The average molecular weight is 383 g/mol. The van der Waals surface area contributed by atoms with E-state index in [2.05, 4.69) is 31.0 Å². The molecule has 0 bridgehead atoms. The van der Waals surface area contributed by atoms with Crippen LogP contribution in [0.25, 0.3) is 0 Å². The van der Waals surface area contributed by atoms with Crippen LogP contribution < -0.4 is 5.32 Å². The normalized spacial score (nSPS) is 22.7. The van der Waals surface area contributed by atoms with Crippen LogP contribution in [0.2, 0.25) is 0 Å². The molecule has 2 heterocycles. The van der Waals surface area contributed by atoms with E-state index < -0.39 is 12.2 Å². The molecule has 148 valence electrons. The Kier molecular flexibility index (Phi) is 8.25. The highest BCUT2D eigenvalue weighted by atomic mass is 32.2. The highest BCUT2D eigenvalue weighted by Gasteiger charge is 2.49. The Bertz CT molecular complexity index is 524. The summed E-state index contributed by atoms with van der Waals surface area (Å²) in [5, 5.41) is 3.33. The van der Waals surface area contributed by atoms with Crippen LogP contribution >= 0.6 is 11.8 Å². The minimum atomic E-state index is -0.404. The number of unbranched alkanes of at least 4 members (excludes halogenated alkanes) is 7. The van der Waals surface area contributed by atoms with Crippen molar-refractivity contribution in [2.45, 2.75) is 90.4 Å². The Morgan fingerprint density at radius 1 is 1.08 bits per heavy atom. The van der Waals surface area contributed by atoms with E-state index in [4.69, 9.17) is 4.99 Å². The summed E-state index contributed by atoms with van der Waals surface area (Å²) in [6.45, 7) is 6.38. The van der Waals surface area contributed by atoms with Crippen LogP contribution in [0.1, 0.15) is 72.1 Å². The minimum absolute atomic E-state index is 0.169. The predicted octanol–water partition coefficient (Wildman–Crippen LogP) is 3.82. The maximum absolute atomic E-state index is 12.3. The summed E-state index contributed by atoms with van der Waals surface area (Å²) in [6.07, 6.45) is 10.0. The molecule has 7 heteroatoms. The SMILES string of the molecule is CCCCCCCCCCSC1=NC2C(C(=O)NC(=O)N2C)N1C(C)C. The second kappa shape index (κ2) is 10.2. The molecule has 3 amide bonds. The van der Waals surface area contributed by atoms with Gasteiger partial charge >= 0.3 is 6.03 Å². The molecule has 0 saturated carbocycles. The van der Waals surface area contributed by atoms with Crippen LogP contribution in [0.4, 0.5) is 4.79 Å². The number of urea groups is 1. The van der Waals surface area contributed by atoms with Crippen LogP contribution in [-0.4, -0.2) is 58.0 Å². The van der Waals surface area contributed by atoms with Crippen molar-refractivity contribution in [2.24, 2.45) is 4.99 Å². The number of carbonyl (C=O) groups is 2. The summed E-state index contributed by atoms with van der Waals surface area (Å²) in [5.74, 6) is 0.772. The number of fused-ring (bicyclic) bond motifs is 1. The van der Waals surface area contributed by atoms with Gasteiger partial charge in [0.25, 0.3) is 5.91 Å². The van der Waals surface area contributed by atoms with Gasteiger partial charge in [0.05, 0.1) is 0 Å². The van der Waals surface area contributed by atoms with Crippen LogP contribution in [0.3, 0.4) is 0 Å². The molecule has 0 aliphatic carbocycles. The zero-order valence-electron chi connectivity index (χ0n) is 16.7. The molecular weight excluding hydrogens is 348 g/mol. The van der Waals surface area contributed by atoms with Crippen molar-refractivity contribution in [1.82, 2.24) is 15.1 Å². The topological polar surface area (TPSA) is 65.0 Å². The number of rotatable bonds is 10. The van der Waals surface area contributed by atoms with E-state index in [-0.39, 0.29) is 18.0 Å². The van der Waals surface area contributed by atoms with Crippen molar-refractivity contribution in [3.63, 3.8) is 0 Å². The van der Waals surface area contributed by atoms with E-state index in [1.165, 1.54) is 56.3 Å². The smallest absolute Gasteiger partial charge is 0.325 e. The molecule has 0 aromatic rings. The summed E-state index contributed by atoms with van der Waals surface area (Å²) in [4.78, 5) is 32.5. The van der Waals surface area contributed by atoms with Gasteiger partial charge in [0.1, 0.15) is 0 Å². The third-order valence-electron chi connectivity index (χ3n) is 5.05. The lowest BCUT2D eigenvalue weighted by atomic mass is 10.1. The monoisotopic (exact) mass is 382 g/mol. The highest BCUT2D eigenvalue weighted by Crippen LogP contribution is 2.30. The summed E-state index contributed by atoms with van der Waals surface area (Å²) < 4.78 is 0. The number of amidine groups is 1. The van der Waals surface area contributed by atoms with Gasteiger partial charge in [0, 0.05) is 18.8 Å². The van der Waals surface area contributed by atoms with Crippen molar-refractivity contribution in [2.75, 3.05) is 12.8 Å². The van der Waals surface area contributed by atoms with E-state index in [1.807, 2.05) is 0 Å². The number of amides is 3. The van der Waals surface area contributed by atoms with Crippen molar-refractivity contribution in [1.29, 1.82) is 0 Å². The first-order valence-corrected chi connectivity index (χ1v) is 11.0. The van der Waals surface area contributed by atoms with E-state index >= 15 is 0 Å². The molecule has 1 saturated heterocycles. The summed E-state index contributed by atoms with van der Waals surface area (Å²) in [5.41, 5.74) is 0. The Morgan fingerprint density at radius 3 is 2.31 bits per heavy atom. The van der Waals surface area contributed by atoms with E-state index in [1.54, 1.807) is 18.8 Å². The Morgan fingerprint density at radius 2 is 1.69 bits per heavy atom. The molecule has 0 aromatic heterocycles. The third kappa shape index (κ3) is 5.15. The van der Waals surface area contributed by atoms with Crippen LogP contribution in [0.5, 0.6) is 0 Å². The van der Waals surface area contributed by atoms with Gasteiger partial charge in [0.2, 0.25) is 0 Å². The number of carbonyl (C=O) groups excluding carboxylic acids is 2. The van der Waals surface area contributed by atoms with Crippen molar-refractivity contribution in [3.8, 4) is 0 Å². The van der Waals surface area contributed by atoms with Gasteiger partial charge in [-0.25, -0.2) is 9.79 Å². The lowest BCUT2D eigenvalue weighted by Crippen LogP contribution is -2.64. The van der Waals surface area contributed by atoms with Crippen LogP contribution in [0.15, 0.2) is 4.99 Å². The van der Waals surface area contributed by atoms with Gasteiger partial charge in [-0.3, -0.25) is 10.1 Å².